The summed E-state index contributed by atoms with van der Waals surface area (Å²) in [5, 5.41) is 10.6. The van der Waals surface area contributed by atoms with Gasteiger partial charge in [-0.2, -0.15) is 16.9 Å². The molecule has 2 N–H and O–H groups in total. The molecule has 1 aliphatic carbocycles. The molecule has 2 heterocycles. The number of carbonyl (C=O) groups excluding carboxylic acids is 2. The highest BCUT2D eigenvalue weighted by atomic mass is 32.2. The van der Waals surface area contributed by atoms with Gasteiger partial charge in [0.15, 0.2) is 0 Å². The Morgan fingerprint density at radius 3 is 2.67 bits per heavy atom. The average Bonchev–Trinajstić information content (AvgIpc) is 3.35. The molecule has 4 rings (SSSR count). The fourth-order valence-electron chi connectivity index (χ4n) is 4.31. The predicted octanol–water partition coefficient (Wildman–Crippen LogP) is 4.25. The maximum absolute atomic E-state index is 12.6. The minimum atomic E-state index is -0.106. The van der Waals surface area contributed by atoms with Gasteiger partial charge < -0.3 is 10.6 Å². The molecule has 1 aromatic carbocycles. The fourth-order valence-corrected chi connectivity index (χ4v) is 5.35. The van der Waals surface area contributed by atoms with E-state index in [4.69, 9.17) is 0 Å². The summed E-state index contributed by atoms with van der Waals surface area (Å²) in [6.07, 6.45) is 7.91. The van der Waals surface area contributed by atoms with Crippen molar-refractivity contribution in [1.82, 2.24) is 15.1 Å². The van der Waals surface area contributed by atoms with E-state index in [0.29, 0.717) is 24.7 Å². The minimum absolute atomic E-state index is 0.0334. The number of thioether (sulfide) groups is 1. The molecular formula is C23H30N4O2S. The number of amides is 2. The fraction of sp³-hybridized carbons (Fsp3) is 0.522. The lowest BCUT2D eigenvalue weighted by Gasteiger charge is -2.21. The zero-order chi connectivity index (χ0) is 20.8. The van der Waals surface area contributed by atoms with E-state index in [-0.39, 0.29) is 18.4 Å². The molecule has 0 atom stereocenters. The molecule has 1 saturated carbocycles. The van der Waals surface area contributed by atoms with Crippen LogP contribution >= 0.6 is 11.8 Å². The van der Waals surface area contributed by atoms with Gasteiger partial charge in [0, 0.05) is 30.0 Å². The average molecular weight is 427 g/mol. The summed E-state index contributed by atoms with van der Waals surface area (Å²) in [5.41, 5.74) is 3.11. The third-order valence-electron chi connectivity index (χ3n) is 6.01. The second-order valence-electron chi connectivity index (χ2n) is 8.28. The van der Waals surface area contributed by atoms with Crippen molar-refractivity contribution in [3.8, 4) is 0 Å². The Morgan fingerprint density at radius 2 is 1.87 bits per heavy atom. The van der Waals surface area contributed by atoms with Crippen LogP contribution in [0.1, 0.15) is 61.8 Å². The second kappa shape index (κ2) is 10.2. The molecule has 1 aromatic heterocycles. The molecule has 0 saturated heterocycles. The zero-order valence-corrected chi connectivity index (χ0v) is 18.2. The Balaban J connectivity index is 1.35. The highest BCUT2D eigenvalue weighted by Crippen LogP contribution is 2.35. The van der Waals surface area contributed by atoms with Gasteiger partial charge in [0.05, 0.1) is 5.69 Å². The topological polar surface area (TPSA) is 76.0 Å². The largest absolute Gasteiger partial charge is 0.350 e. The Bertz CT molecular complexity index is 875. The highest BCUT2D eigenvalue weighted by molar-refractivity contribution is 7.98. The number of hydrogen-bond donors (Lipinski definition) is 2. The Morgan fingerprint density at radius 1 is 1.07 bits per heavy atom. The van der Waals surface area contributed by atoms with Crippen LogP contribution in [0.3, 0.4) is 0 Å². The van der Waals surface area contributed by atoms with Crippen molar-refractivity contribution in [3.63, 3.8) is 0 Å². The lowest BCUT2D eigenvalue weighted by molar-refractivity contribution is -0.122. The van der Waals surface area contributed by atoms with Gasteiger partial charge in [0.2, 0.25) is 11.8 Å². The molecule has 0 radical (unpaired) electrons. The summed E-state index contributed by atoms with van der Waals surface area (Å²) in [7, 11) is 0. The lowest BCUT2D eigenvalue weighted by Crippen LogP contribution is -2.29. The second-order valence-corrected chi connectivity index (χ2v) is 9.26. The first-order valence-electron chi connectivity index (χ1n) is 11.0. The van der Waals surface area contributed by atoms with Crippen molar-refractivity contribution in [3.05, 3.63) is 47.2 Å². The van der Waals surface area contributed by atoms with Crippen LogP contribution < -0.4 is 10.6 Å². The maximum Gasteiger partial charge on any atom is 0.242 e. The standard InChI is InChI=1S/C23H30N4O2S/c28-21(12-11-17-7-3-1-4-8-17)25-23-19-15-30-16-20(19)26-27(23)14-22(29)24-13-18-9-5-2-6-10-18/h2,5-6,9-10,17H,1,3-4,7-8,11-16H2,(H,24,29)(H,25,28). The Labute approximate surface area is 182 Å². The summed E-state index contributed by atoms with van der Waals surface area (Å²) in [4.78, 5) is 25.1. The number of anilines is 1. The van der Waals surface area contributed by atoms with Crippen LogP contribution in [-0.2, 0) is 34.2 Å². The predicted molar refractivity (Wildman–Crippen MR) is 120 cm³/mol. The summed E-state index contributed by atoms with van der Waals surface area (Å²) >= 11 is 1.79. The number of aromatic nitrogens is 2. The van der Waals surface area contributed by atoms with Crippen molar-refractivity contribution >= 4 is 29.4 Å². The zero-order valence-electron chi connectivity index (χ0n) is 17.4. The number of nitrogens with zero attached hydrogens (tertiary/aromatic N) is 2. The molecule has 0 spiro atoms. The van der Waals surface area contributed by atoms with E-state index in [2.05, 4.69) is 15.7 Å². The van der Waals surface area contributed by atoms with Crippen LogP contribution in [0.5, 0.6) is 0 Å². The highest BCUT2D eigenvalue weighted by Gasteiger charge is 2.25. The molecule has 7 heteroatoms. The number of carbonyl (C=O) groups is 2. The van der Waals surface area contributed by atoms with Gasteiger partial charge in [-0.1, -0.05) is 62.4 Å². The first kappa shape index (κ1) is 21.0. The number of nitrogens with one attached hydrogen (secondary N) is 2. The van der Waals surface area contributed by atoms with Gasteiger partial charge in [-0.15, -0.1) is 0 Å². The van der Waals surface area contributed by atoms with Crippen LogP contribution in [0.4, 0.5) is 5.82 Å². The summed E-state index contributed by atoms with van der Waals surface area (Å²) in [6, 6.07) is 9.84. The van der Waals surface area contributed by atoms with Gasteiger partial charge in [-0.05, 0) is 17.9 Å². The van der Waals surface area contributed by atoms with E-state index in [0.717, 1.165) is 34.7 Å². The van der Waals surface area contributed by atoms with Crippen molar-refractivity contribution in [2.45, 2.75) is 69.5 Å². The van der Waals surface area contributed by atoms with E-state index in [1.54, 1.807) is 16.4 Å². The van der Waals surface area contributed by atoms with Gasteiger partial charge in [0.25, 0.3) is 0 Å². The van der Waals surface area contributed by atoms with E-state index in [1.165, 1.54) is 32.1 Å². The minimum Gasteiger partial charge on any atom is -0.350 e. The molecule has 160 valence electrons. The van der Waals surface area contributed by atoms with Gasteiger partial charge in [-0.25, -0.2) is 4.68 Å². The third kappa shape index (κ3) is 5.45. The molecule has 1 aliphatic heterocycles. The monoisotopic (exact) mass is 426 g/mol. The van der Waals surface area contributed by atoms with Crippen molar-refractivity contribution in [2.75, 3.05) is 5.32 Å². The number of benzene rings is 1. The van der Waals surface area contributed by atoms with Crippen LogP contribution in [0.25, 0.3) is 0 Å². The first-order chi connectivity index (χ1) is 14.7. The molecule has 2 aliphatic rings. The van der Waals surface area contributed by atoms with E-state index < -0.39 is 0 Å². The molecular weight excluding hydrogens is 396 g/mol. The number of fused-ring (bicyclic) bond motifs is 1. The quantitative estimate of drug-likeness (QED) is 0.662. The molecule has 2 amide bonds. The molecule has 0 bridgehead atoms. The van der Waals surface area contributed by atoms with Crippen LogP contribution in [0.15, 0.2) is 30.3 Å². The molecule has 2 aromatic rings. The van der Waals surface area contributed by atoms with Gasteiger partial charge in [0.1, 0.15) is 12.4 Å². The smallest absolute Gasteiger partial charge is 0.242 e. The summed E-state index contributed by atoms with van der Waals surface area (Å²) in [6.45, 7) is 0.600. The van der Waals surface area contributed by atoms with Crippen LogP contribution in [-0.4, -0.2) is 21.6 Å². The number of hydrogen-bond acceptors (Lipinski definition) is 4. The van der Waals surface area contributed by atoms with E-state index >= 15 is 0 Å². The first-order valence-corrected chi connectivity index (χ1v) is 12.1. The summed E-state index contributed by atoms with van der Waals surface area (Å²) < 4.78 is 1.67. The lowest BCUT2D eigenvalue weighted by atomic mass is 9.86. The van der Waals surface area contributed by atoms with Crippen molar-refractivity contribution < 1.29 is 9.59 Å². The Hall–Kier alpha value is -2.28. The molecule has 30 heavy (non-hydrogen) atoms. The van der Waals surface area contributed by atoms with Gasteiger partial charge in [-0.3, -0.25) is 9.59 Å². The van der Waals surface area contributed by atoms with Crippen molar-refractivity contribution in [2.24, 2.45) is 5.92 Å². The normalized spacial score (nSPS) is 16.3. The van der Waals surface area contributed by atoms with Crippen molar-refractivity contribution in [1.29, 1.82) is 0 Å². The SMILES string of the molecule is O=C(Cn1nc2c(c1NC(=O)CCC1CCCCC1)CSC2)NCc1ccccc1. The number of rotatable bonds is 8. The molecule has 0 unspecified atom stereocenters. The van der Waals surface area contributed by atoms with Gasteiger partial charge >= 0.3 is 0 Å². The maximum atomic E-state index is 12.6. The van der Waals surface area contributed by atoms with E-state index in [9.17, 15) is 9.59 Å². The molecule has 1 fully saturated rings. The van der Waals surface area contributed by atoms with E-state index in [1.807, 2.05) is 30.3 Å². The third-order valence-corrected chi connectivity index (χ3v) is 6.98. The van der Waals surface area contributed by atoms with Crippen LogP contribution in [0, 0.1) is 5.92 Å². The summed E-state index contributed by atoms with van der Waals surface area (Å²) in [5.74, 6) is 2.98. The Kier molecular flexibility index (Phi) is 7.10. The van der Waals surface area contributed by atoms with Crippen LogP contribution in [0.2, 0.25) is 0 Å². The molecule has 6 nitrogen and oxygen atoms in total.